The number of fused-ring (bicyclic) bond motifs is 9. The summed E-state index contributed by atoms with van der Waals surface area (Å²) in [6.45, 7) is 11.6. The summed E-state index contributed by atoms with van der Waals surface area (Å²) in [6, 6.07) is 32.8. The van der Waals surface area contributed by atoms with Crippen LogP contribution in [-0.2, 0) is 0 Å². The summed E-state index contributed by atoms with van der Waals surface area (Å²) < 4.78 is 63.2. The third-order valence-corrected chi connectivity index (χ3v) is 25.0. The van der Waals surface area contributed by atoms with Crippen molar-refractivity contribution in [2.75, 3.05) is 31.7 Å². The Hall–Kier alpha value is -14.0. The highest BCUT2D eigenvalue weighted by Gasteiger charge is 2.54. The number of pyridine rings is 5. The van der Waals surface area contributed by atoms with E-state index in [0.717, 1.165) is 141 Å². The van der Waals surface area contributed by atoms with Gasteiger partial charge in [-0.15, -0.1) is 4.80 Å². The van der Waals surface area contributed by atoms with Crippen molar-refractivity contribution in [2.45, 2.75) is 160 Å². The minimum Gasteiger partial charge on any atom is -0.477 e. The van der Waals surface area contributed by atoms with Gasteiger partial charge in [0.25, 0.3) is 23.6 Å². The zero-order valence-corrected chi connectivity index (χ0v) is 69.3. The van der Waals surface area contributed by atoms with Gasteiger partial charge in [0.2, 0.25) is 17.7 Å². The normalized spacial score (nSPS) is 22.0. The number of aromatic nitrogens is 18. The average Bonchev–Trinajstić information content (AvgIpc) is 1.62. The number of carbonyl (C=O) groups excluding carboxylic acids is 4. The molecule has 12 unspecified atom stereocenters. The van der Waals surface area contributed by atoms with Crippen molar-refractivity contribution < 1.29 is 51.0 Å². The van der Waals surface area contributed by atoms with Crippen molar-refractivity contribution in [1.29, 1.82) is 0 Å². The second-order valence-corrected chi connectivity index (χ2v) is 32.9. The first-order chi connectivity index (χ1) is 60.9. The van der Waals surface area contributed by atoms with Crippen LogP contribution in [0.25, 0.3) is 45.3 Å². The lowest BCUT2D eigenvalue weighted by atomic mass is 9.89. The van der Waals surface area contributed by atoms with Crippen LogP contribution in [0.15, 0.2) is 188 Å². The molecule has 1 N–H and O–H groups in total. The predicted octanol–water partition coefficient (Wildman–Crippen LogP) is 13.0. The molecule has 21 rings (SSSR count). The first-order valence-corrected chi connectivity index (χ1v) is 42.2. The van der Waals surface area contributed by atoms with E-state index < -0.39 is 17.5 Å². The van der Waals surface area contributed by atoms with Crippen molar-refractivity contribution in [3.63, 3.8) is 0 Å². The van der Waals surface area contributed by atoms with Gasteiger partial charge in [-0.1, -0.05) is 18.2 Å². The summed E-state index contributed by atoms with van der Waals surface area (Å²) >= 11 is 0. The molecule has 8 fully saturated rings. The van der Waals surface area contributed by atoms with E-state index >= 15 is 0 Å². The van der Waals surface area contributed by atoms with Gasteiger partial charge in [0, 0.05) is 120 Å². The average molecular weight is 1690 g/mol. The van der Waals surface area contributed by atoms with Gasteiger partial charge in [-0.25, -0.2) is 68.0 Å². The first-order valence-electron chi connectivity index (χ1n) is 42.2. The van der Waals surface area contributed by atoms with Crippen LogP contribution >= 0.6 is 0 Å². The van der Waals surface area contributed by atoms with Gasteiger partial charge in [0.05, 0.1) is 109 Å². The third-order valence-electron chi connectivity index (χ3n) is 25.0. The lowest BCUT2D eigenvalue weighted by Crippen LogP contribution is -2.38. The van der Waals surface area contributed by atoms with Crippen LogP contribution in [0, 0.1) is 75.7 Å². The molecule has 8 saturated heterocycles. The second kappa shape index (κ2) is 35.9. The summed E-state index contributed by atoms with van der Waals surface area (Å²) in [5.74, 6) is 1.88. The molecule has 13 aromatic rings. The standard InChI is InChI=1S/C24H22FN7O.C23H23FN4O3.C22H21FN6O2.C22H24N6O2/c25-16-5-7-22(32-28-9-10-29-32)18(12-16)24(33)31-17-6-8-21(31)15(11-17)13-27-23-14-26-19-3-1-2-4-20(19)30-23;1-13-3-6-18(22-27-14(2)11-31-22)21(26-13)23(29)28-17-5-7-19(28)15(9-17)12-30-20-8-4-16(24)10-25-20;1-13-3-5-17(20-24-7-2-8-25-20)19(28-13)21(30)29-16-4-6-18(29)14(9-16)12-31-22-26-10-15(23)11-27-22;1-14-4-3-9-23-21(14)30-13-16-12-17-6-8-18(16)27(17)22(29)20-19(7-5-15(2)26-20)28-24-10-11-25-28/h1-5,7,9-10,12,14-15,17,21H,6,8,11,13H2,(H,27,30);3-4,6,8,10-11,15,17,19H,5,7,9,12H2,1-2H3;2-3,5,7-8,10-11,14,16,18H,4,6,9,12H2,1H3;3-5,7,9-11,16-18H,6,8,12-13H2,1-2H3. The zero-order valence-electron chi connectivity index (χ0n) is 69.3. The Balaban J connectivity index is 0.000000113. The number of anilines is 1. The Morgan fingerprint density at radius 3 is 1.54 bits per heavy atom. The molecule has 0 spiro atoms. The van der Waals surface area contributed by atoms with E-state index in [2.05, 4.69) is 85.5 Å². The van der Waals surface area contributed by atoms with E-state index in [1.165, 1.54) is 46.3 Å². The number of para-hydroxylation sites is 2. The topological polar surface area (TPSA) is 350 Å². The molecule has 638 valence electrons. The van der Waals surface area contributed by atoms with Crippen LogP contribution in [0.3, 0.4) is 0 Å². The summed E-state index contributed by atoms with van der Waals surface area (Å²) in [5.41, 5.74) is 9.60. The minimum absolute atomic E-state index is 0.0463. The van der Waals surface area contributed by atoms with E-state index in [1.54, 1.807) is 55.6 Å². The molecule has 0 radical (unpaired) electrons. The number of oxazole rings is 1. The molecule has 8 aliphatic rings. The Morgan fingerprint density at radius 1 is 0.424 bits per heavy atom. The first kappa shape index (κ1) is 82.0. The molecule has 8 bridgehead atoms. The molecule has 4 amide bonds. The maximum atomic E-state index is 14.1. The van der Waals surface area contributed by atoms with Gasteiger partial charge in [-0.2, -0.15) is 25.2 Å². The minimum atomic E-state index is -0.507. The van der Waals surface area contributed by atoms with Crippen LogP contribution in [0.5, 0.6) is 17.8 Å². The number of amides is 4. The lowest BCUT2D eigenvalue weighted by molar-refractivity contribution is 0.0695. The molecule has 19 heterocycles. The predicted molar refractivity (Wildman–Crippen MR) is 448 cm³/mol. The van der Waals surface area contributed by atoms with E-state index in [0.29, 0.717) is 101 Å². The number of ether oxygens (including phenoxy) is 3. The fraction of sp³-hybridized carbons (Fsp3) is 0.363. The number of nitrogens with one attached hydrogen (secondary N) is 1. The molecule has 2 aromatic carbocycles. The van der Waals surface area contributed by atoms with E-state index in [9.17, 15) is 32.3 Å². The Kier molecular flexibility index (Phi) is 23.5. The Labute approximate surface area is 716 Å². The molecule has 0 saturated carbocycles. The van der Waals surface area contributed by atoms with Gasteiger partial charge >= 0.3 is 6.01 Å². The van der Waals surface area contributed by atoms with Crippen molar-refractivity contribution >= 4 is 40.5 Å². The van der Waals surface area contributed by atoms with Crippen LogP contribution < -0.4 is 19.5 Å². The van der Waals surface area contributed by atoms with Crippen LogP contribution in [0.1, 0.15) is 147 Å². The van der Waals surface area contributed by atoms with Gasteiger partial charge < -0.3 is 43.5 Å². The largest absolute Gasteiger partial charge is 0.477 e. The monoisotopic (exact) mass is 1690 g/mol. The van der Waals surface area contributed by atoms with E-state index in [4.69, 9.17) is 18.6 Å². The SMILES string of the molecule is Cc1ccc(-c2ncccn2)c(C(=O)N2C3CCC2C(COc2ncc(F)cn2)C3)n1.Cc1ccc(-n2nccn2)c(C(=O)N2C3CCC2C(COc2ncccc2C)C3)n1.Cc1coc(-c2ccc(C)nc2C(=O)N2C3CCC2C(COc2ccc(F)cn2)C3)n1.O=C(c1cc(F)ccc1-n1nccn1)N1C2CCC1C(CNc1cnc3ccccc3n1)C2. The van der Waals surface area contributed by atoms with Gasteiger partial charge in [-0.05, 0) is 203 Å². The second-order valence-electron chi connectivity index (χ2n) is 32.9. The molecule has 125 heavy (non-hydrogen) atoms. The quantitative estimate of drug-likeness (QED) is 0.0740. The fourth-order valence-corrected chi connectivity index (χ4v) is 19.4. The molecule has 8 aliphatic heterocycles. The Morgan fingerprint density at radius 2 is 0.936 bits per heavy atom. The van der Waals surface area contributed by atoms with E-state index in [1.807, 2.05) is 127 Å². The smallest absolute Gasteiger partial charge is 0.316 e. The van der Waals surface area contributed by atoms with Gasteiger partial charge in [0.1, 0.15) is 40.8 Å². The zero-order chi connectivity index (χ0) is 85.9. The maximum absolute atomic E-state index is 14.1. The van der Waals surface area contributed by atoms with Crippen molar-refractivity contribution in [3.05, 3.63) is 252 Å². The van der Waals surface area contributed by atoms with Gasteiger partial charge in [-0.3, -0.25) is 24.2 Å². The molecule has 31 nitrogen and oxygen atoms in total. The molecule has 0 aliphatic carbocycles. The maximum Gasteiger partial charge on any atom is 0.316 e. The van der Waals surface area contributed by atoms with Crippen molar-refractivity contribution in [1.82, 2.24) is 109 Å². The molecule has 34 heteroatoms. The number of benzene rings is 2. The summed E-state index contributed by atoms with van der Waals surface area (Å²) in [6.07, 6.45) is 29.2. The highest BCUT2D eigenvalue weighted by molar-refractivity contribution is 6.01. The fourth-order valence-electron chi connectivity index (χ4n) is 19.4. The Bertz CT molecular complexity index is 6060. The molecule has 11 aromatic heterocycles. The third kappa shape index (κ3) is 17.4. The molecule has 12 atom stereocenters. The van der Waals surface area contributed by atoms with Gasteiger partial charge in [0.15, 0.2) is 17.3 Å². The van der Waals surface area contributed by atoms with Crippen LogP contribution in [0.2, 0.25) is 0 Å². The summed E-state index contributed by atoms with van der Waals surface area (Å²) in [5, 5.41) is 20.1. The number of halogens is 3. The molecular weight excluding hydrogens is 1600 g/mol. The molecular formula is C91H90F3N23O8. The van der Waals surface area contributed by atoms with Crippen molar-refractivity contribution in [2.24, 2.45) is 23.7 Å². The van der Waals surface area contributed by atoms with Crippen LogP contribution in [0.4, 0.5) is 19.0 Å². The number of nitrogens with zero attached hydrogens (tertiary/aromatic N) is 22. The number of aryl methyl sites for hydroxylation is 5. The summed E-state index contributed by atoms with van der Waals surface area (Å²) in [4.78, 5) is 117. The number of carbonyl (C=O) groups is 4. The highest BCUT2D eigenvalue weighted by Crippen LogP contribution is 2.48. The lowest BCUT2D eigenvalue weighted by Gasteiger charge is -2.25. The van der Waals surface area contributed by atoms with Crippen LogP contribution in [-0.4, -0.2) is 208 Å². The van der Waals surface area contributed by atoms with E-state index in [-0.39, 0.29) is 95.4 Å². The number of hydrogen-bond acceptors (Lipinski definition) is 25. The highest BCUT2D eigenvalue weighted by atomic mass is 19.1. The number of hydrogen-bond donors (Lipinski definition) is 1. The van der Waals surface area contributed by atoms with Crippen molar-refractivity contribution in [3.8, 4) is 52.0 Å². The summed E-state index contributed by atoms with van der Waals surface area (Å²) in [7, 11) is 0. The number of rotatable bonds is 20.